The summed E-state index contributed by atoms with van der Waals surface area (Å²) in [7, 11) is 3.72. The highest BCUT2D eigenvalue weighted by atomic mass is 19.1. The quantitative estimate of drug-likeness (QED) is 0.897. The normalized spacial score (nSPS) is 10.7. The number of halogens is 1. The van der Waals surface area contributed by atoms with E-state index in [1.54, 1.807) is 12.3 Å². The number of rotatable bonds is 5. The molecule has 0 saturated carbocycles. The summed E-state index contributed by atoms with van der Waals surface area (Å²) in [6.07, 6.45) is 1.66. The Kier molecular flexibility index (Phi) is 4.22. The number of anilines is 1. The molecule has 0 bridgehead atoms. The third kappa shape index (κ3) is 3.15. The summed E-state index contributed by atoms with van der Waals surface area (Å²) < 4.78 is 19.3. The van der Waals surface area contributed by atoms with Gasteiger partial charge >= 0.3 is 0 Å². The van der Waals surface area contributed by atoms with Crippen LogP contribution in [0.1, 0.15) is 16.9 Å². The second-order valence-electron chi connectivity index (χ2n) is 4.67. The average molecular weight is 262 g/mol. The van der Waals surface area contributed by atoms with E-state index in [0.717, 1.165) is 16.9 Å². The molecule has 4 heteroatoms. The van der Waals surface area contributed by atoms with E-state index < -0.39 is 0 Å². The molecule has 0 aliphatic rings. The Morgan fingerprint density at radius 2 is 2.11 bits per heavy atom. The first kappa shape index (κ1) is 13.6. The molecule has 3 nitrogen and oxygen atoms in total. The van der Waals surface area contributed by atoms with Crippen molar-refractivity contribution in [3.8, 4) is 0 Å². The van der Waals surface area contributed by atoms with Crippen molar-refractivity contribution in [1.82, 2.24) is 5.32 Å². The van der Waals surface area contributed by atoms with Crippen LogP contribution in [0, 0.1) is 12.7 Å². The Hall–Kier alpha value is -1.81. The largest absolute Gasteiger partial charge is 0.469 e. The lowest BCUT2D eigenvalue weighted by Crippen LogP contribution is -2.18. The molecular weight excluding hydrogens is 243 g/mol. The summed E-state index contributed by atoms with van der Waals surface area (Å²) in [5.41, 5.74) is 2.61. The SMILES string of the molecule is CNCc1ccc(N(C)Cc2ccoc2C)c(F)c1. The van der Waals surface area contributed by atoms with Gasteiger partial charge in [0.2, 0.25) is 0 Å². The third-order valence-electron chi connectivity index (χ3n) is 3.18. The Balaban J connectivity index is 2.15. The molecule has 0 spiro atoms. The monoisotopic (exact) mass is 262 g/mol. The van der Waals surface area contributed by atoms with Crippen LogP contribution in [0.5, 0.6) is 0 Å². The molecule has 0 fully saturated rings. The smallest absolute Gasteiger partial charge is 0.146 e. The molecule has 1 aromatic heterocycles. The molecule has 0 aliphatic carbocycles. The summed E-state index contributed by atoms with van der Waals surface area (Å²) in [6.45, 7) is 3.21. The first-order chi connectivity index (χ1) is 9.11. The second kappa shape index (κ2) is 5.89. The lowest BCUT2D eigenvalue weighted by molar-refractivity contribution is 0.529. The van der Waals surface area contributed by atoms with Crippen LogP contribution in [0.25, 0.3) is 0 Å². The molecule has 2 aromatic rings. The van der Waals surface area contributed by atoms with Gasteiger partial charge in [-0.15, -0.1) is 0 Å². The van der Waals surface area contributed by atoms with Crippen LogP contribution >= 0.6 is 0 Å². The zero-order valence-corrected chi connectivity index (χ0v) is 11.5. The van der Waals surface area contributed by atoms with Crippen molar-refractivity contribution in [3.63, 3.8) is 0 Å². The second-order valence-corrected chi connectivity index (χ2v) is 4.67. The van der Waals surface area contributed by atoms with Crippen molar-refractivity contribution in [3.05, 3.63) is 53.2 Å². The van der Waals surface area contributed by atoms with Gasteiger partial charge in [0.05, 0.1) is 12.0 Å². The number of furan rings is 1. The first-order valence-electron chi connectivity index (χ1n) is 6.29. The van der Waals surface area contributed by atoms with Crippen molar-refractivity contribution < 1.29 is 8.81 Å². The Morgan fingerprint density at radius 3 is 2.68 bits per heavy atom. The maximum atomic E-state index is 14.1. The number of aryl methyl sites for hydroxylation is 1. The summed E-state index contributed by atoms with van der Waals surface area (Å²) in [6, 6.07) is 7.24. The zero-order chi connectivity index (χ0) is 13.8. The Labute approximate surface area is 113 Å². The lowest BCUT2D eigenvalue weighted by atomic mass is 10.1. The Bertz CT molecular complexity index is 551. The molecule has 1 aromatic carbocycles. The van der Waals surface area contributed by atoms with Gasteiger partial charge in [0.25, 0.3) is 0 Å². The Morgan fingerprint density at radius 1 is 1.32 bits per heavy atom. The first-order valence-corrected chi connectivity index (χ1v) is 6.29. The maximum Gasteiger partial charge on any atom is 0.146 e. The fourth-order valence-corrected chi connectivity index (χ4v) is 2.09. The molecule has 0 radical (unpaired) electrons. The van der Waals surface area contributed by atoms with Gasteiger partial charge in [-0.25, -0.2) is 4.39 Å². The molecule has 1 heterocycles. The van der Waals surface area contributed by atoms with Crippen LogP contribution in [0.4, 0.5) is 10.1 Å². The summed E-state index contributed by atoms with van der Waals surface area (Å²) in [5.74, 6) is 0.676. The fourth-order valence-electron chi connectivity index (χ4n) is 2.09. The summed E-state index contributed by atoms with van der Waals surface area (Å²) in [4.78, 5) is 1.89. The zero-order valence-electron chi connectivity index (χ0n) is 11.5. The molecule has 102 valence electrons. The van der Waals surface area contributed by atoms with Crippen molar-refractivity contribution >= 4 is 5.69 Å². The number of nitrogens with one attached hydrogen (secondary N) is 1. The van der Waals surface area contributed by atoms with Crippen molar-refractivity contribution in [2.24, 2.45) is 0 Å². The van der Waals surface area contributed by atoms with Gasteiger partial charge in [-0.2, -0.15) is 0 Å². The average Bonchev–Trinajstić information content (AvgIpc) is 2.75. The van der Waals surface area contributed by atoms with E-state index in [2.05, 4.69) is 5.32 Å². The highest BCUT2D eigenvalue weighted by Gasteiger charge is 2.11. The molecular formula is C15H19FN2O. The van der Waals surface area contributed by atoms with Gasteiger partial charge in [-0.1, -0.05) is 6.07 Å². The third-order valence-corrected chi connectivity index (χ3v) is 3.18. The molecule has 0 amide bonds. The van der Waals surface area contributed by atoms with Crippen LogP contribution in [-0.2, 0) is 13.1 Å². The van der Waals surface area contributed by atoms with Gasteiger partial charge in [-0.05, 0) is 37.7 Å². The minimum atomic E-state index is -0.198. The van der Waals surface area contributed by atoms with E-state index in [4.69, 9.17) is 4.42 Å². The van der Waals surface area contributed by atoms with E-state index in [9.17, 15) is 4.39 Å². The highest BCUT2D eigenvalue weighted by molar-refractivity contribution is 5.49. The van der Waals surface area contributed by atoms with Crippen LogP contribution < -0.4 is 10.2 Å². The minimum Gasteiger partial charge on any atom is -0.469 e. The molecule has 0 saturated heterocycles. The van der Waals surface area contributed by atoms with Crippen molar-refractivity contribution in [1.29, 1.82) is 0 Å². The minimum absolute atomic E-state index is 0.198. The van der Waals surface area contributed by atoms with Crippen molar-refractivity contribution in [2.45, 2.75) is 20.0 Å². The van der Waals surface area contributed by atoms with E-state index in [1.807, 2.05) is 44.1 Å². The standard InChI is InChI=1S/C15H19FN2O/c1-11-13(6-7-19-11)10-18(3)15-5-4-12(9-17-2)8-14(15)16/h4-8,17H,9-10H2,1-3H3. The van der Waals surface area contributed by atoms with Crippen molar-refractivity contribution in [2.75, 3.05) is 19.0 Å². The predicted molar refractivity (Wildman–Crippen MR) is 74.7 cm³/mol. The summed E-state index contributed by atoms with van der Waals surface area (Å²) in [5, 5.41) is 3.01. The molecule has 1 N–H and O–H groups in total. The van der Waals surface area contributed by atoms with Gasteiger partial charge in [0.15, 0.2) is 0 Å². The van der Waals surface area contributed by atoms with Crippen LogP contribution in [-0.4, -0.2) is 14.1 Å². The van der Waals surface area contributed by atoms with Crippen LogP contribution in [0.15, 0.2) is 34.9 Å². The predicted octanol–water partition coefficient (Wildman–Crippen LogP) is 3.08. The van der Waals surface area contributed by atoms with E-state index in [1.165, 1.54) is 0 Å². The fraction of sp³-hybridized carbons (Fsp3) is 0.333. The molecule has 0 atom stereocenters. The lowest BCUT2D eigenvalue weighted by Gasteiger charge is -2.20. The summed E-state index contributed by atoms with van der Waals surface area (Å²) >= 11 is 0. The number of nitrogens with zero attached hydrogens (tertiary/aromatic N) is 1. The van der Waals surface area contributed by atoms with Gasteiger partial charge < -0.3 is 14.6 Å². The molecule has 0 aliphatic heterocycles. The van der Waals surface area contributed by atoms with Crippen LogP contribution in [0.3, 0.4) is 0 Å². The van der Waals surface area contributed by atoms with E-state index in [-0.39, 0.29) is 5.82 Å². The highest BCUT2D eigenvalue weighted by Crippen LogP contribution is 2.22. The topological polar surface area (TPSA) is 28.4 Å². The molecule has 2 rings (SSSR count). The van der Waals surface area contributed by atoms with Gasteiger partial charge in [-0.3, -0.25) is 0 Å². The number of hydrogen-bond donors (Lipinski definition) is 1. The van der Waals surface area contributed by atoms with Gasteiger partial charge in [0.1, 0.15) is 11.6 Å². The number of benzene rings is 1. The maximum absolute atomic E-state index is 14.1. The van der Waals surface area contributed by atoms with Gasteiger partial charge in [0, 0.05) is 25.7 Å². The van der Waals surface area contributed by atoms with Crippen LogP contribution in [0.2, 0.25) is 0 Å². The molecule has 0 unspecified atom stereocenters. The van der Waals surface area contributed by atoms with E-state index in [0.29, 0.717) is 18.8 Å². The van der Waals surface area contributed by atoms with E-state index >= 15 is 0 Å². The number of hydrogen-bond acceptors (Lipinski definition) is 3. The molecule has 19 heavy (non-hydrogen) atoms.